The van der Waals surface area contributed by atoms with Crippen LogP contribution in [0.5, 0.6) is 0 Å². The summed E-state index contributed by atoms with van der Waals surface area (Å²) in [5.74, 6) is -0.680. The summed E-state index contributed by atoms with van der Waals surface area (Å²) in [4.78, 5) is 43.8. The molecule has 4 rings (SSSR count). The van der Waals surface area contributed by atoms with Crippen LogP contribution in [0.3, 0.4) is 0 Å². The van der Waals surface area contributed by atoms with Gasteiger partial charge in [0.15, 0.2) is 0 Å². The molecule has 2 saturated heterocycles. The van der Waals surface area contributed by atoms with E-state index in [1.807, 2.05) is 0 Å². The van der Waals surface area contributed by atoms with E-state index in [9.17, 15) is 18.8 Å². The third-order valence-corrected chi connectivity index (χ3v) is 6.47. The molecule has 3 aliphatic heterocycles. The zero-order valence-corrected chi connectivity index (χ0v) is 17.4. The number of fused-ring (bicyclic) bond motifs is 2. The van der Waals surface area contributed by atoms with Crippen LogP contribution in [0.25, 0.3) is 0 Å². The molecule has 1 aromatic carbocycles. The van der Waals surface area contributed by atoms with Crippen molar-refractivity contribution in [2.45, 2.75) is 38.6 Å². The Morgan fingerprint density at radius 1 is 1.17 bits per heavy atom. The largest absolute Gasteiger partial charge is 0.353 e. The summed E-state index contributed by atoms with van der Waals surface area (Å²) in [6.45, 7) is 5.88. The van der Waals surface area contributed by atoms with Crippen LogP contribution in [-0.2, 0) is 9.59 Å². The minimum Gasteiger partial charge on any atom is -0.353 e. The Hall–Kier alpha value is -2.48. The second-order valence-electron chi connectivity index (χ2n) is 8.62. The molecule has 162 valence electrons. The number of nitrogens with one attached hydrogen (secondary N) is 1. The molecular weight excluding hydrogens is 387 g/mol. The van der Waals surface area contributed by atoms with Gasteiger partial charge in [0.05, 0.1) is 11.3 Å². The second-order valence-corrected chi connectivity index (χ2v) is 8.62. The summed E-state index contributed by atoms with van der Waals surface area (Å²) < 4.78 is 13.9. The van der Waals surface area contributed by atoms with E-state index in [0.717, 1.165) is 32.0 Å². The van der Waals surface area contributed by atoms with Gasteiger partial charge in [-0.2, -0.15) is 0 Å². The highest BCUT2D eigenvalue weighted by Gasteiger charge is 2.42. The van der Waals surface area contributed by atoms with Crippen LogP contribution >= 0.6 is 0 Å². The normalized spacial score (nSPS) is 22.7. The van der Waals surface area contributed by atoms with Gasteiger partial charge >= 0.3 is 0 Å². The van der Waals surface area contributed by atoms with Crippen molar-refractivity contribution in [2.24, 2.45) is 5.92 Å². The smallest absolute Gasteiger partial charge is 0.256 e. The first kappa shape index (κ1) is 20.8. The average Bonchev–Trinajstić information content (AvgIpc) is 3.20. The minimum absolute atomic E-state index is 0.180. The first-order chi connectivity index (χ1) is 14.4. The van der Waals surface area contributed by atoms with Crippen molar-refractivity contribution in [3.63, 3.8) is 0 Å². The van der Waals surface area contributed by atoms with Gasteiger partial charge in [0.1, 0.15) is 18.4 Å². The molecule has 1 aromatic rings. The van der Waals surface area contributed by atoms with Crippen LogP contribution < -0.4 is 10.2 Å². The lowest BCUT2D eigenvalue weighted by Crippen LogP contribution is -2.48. The van der Waals surface area contributed by atoms with Crippen molar-refractivity contribution in [1.29, 1.82) is 0 Å². The van der Waals surface area contributed by atoms with Crippen molar-refractivity contribution in [1.82, 2.24) is 15.1 Å². The fourth-order valence-electron chi connectivity index (χ4n) is 4.63. The summed E-state index contributed by atoms with van der Waals surface area (Å²) in [7, 11) is 0. The van der Waals surface area contributed by atoms with Gasteiger partial charge in [-0.15, -0.1) is 0 Å². The maximum absolute atomic E-state index is 13.9. The van der Waals surface area contributed by atoms with Gasteiger partial charge in [-0.25, -0.2) is 4.39 Å². The third kappa shape index (κ3) is 4.19. The van der Waals surface area contributed by atoms with Crippen LogP contribution in [0.4, 0.5) is 10.1 Å². The number of hydrogen-bond donors (Lipinski definition) is 1. The Labute approximate surface area is 176 Å². The molecule has 0 unspecified atom stereocenters. The number of piperidine rings is 1. The van der Waals surface area contributed by atoms with Crippen molar-refractivity contribution < 1.29 is 18.8 Å². The molecule has 0 radical (unpaired) electrons. The van der Waals surface area contributed by atoms with Gasteiger partial charge in [-0.3, -0.25) is 14.4 Å². The summed E-state index contributed by atoms with van der Waals surface area (Å²) >= 11 is 0. The molecule has 1 N–H and O–H groups in total. The summed E-state index contributed by atoms with van der Waals surface area (Å²) in [5, 5.41) is 2.88. The fourth-order valence-corrected chi connectivity index (χ4v) is 4.63. The molecule has 0 aromatic heterocycles. The molecule has 0 aliphatic carbocycles. The zero-order chi connectivity index (χ0) is 21.3. The van der Waals surface area contributed by atoms with Crippen LogP contribution in [0.2, 0.25) is 0 Å². The first-order valence-electron chi connectivity index (χ1n) is 10.8. The van der Waals surface area contributed by atoms with E-state index in [-0.39, 0.29) is 35.5 Å². The standard InChI is InChI=1S/C22H29FN4O3/c1-15-6-10-25(11-7-15)12-8-24-20(28)14-27-19-13-16(23)4-5-17(19)21(29)26-9-2-3-18(26)22(27)30/h4-5,13,15,18H,2-3,6-12,14H2,1H3,(H,24,28)/t18-/m0/s1. The zero-order valence-electron chi connectivity index (χ0n) is 17.4. The van der Waals surface area contributed by atoms with E-state index >= 15 is 0 Å². The minimum atomic E-state index is -0.587. The van der Waals surface area contributed by atoms with Crippen molar-refractivity contribution in [2.75, 3.05) is 44.2 Å². The number of carbonyl (C=O) groups excluding carboxylic acids is 3. The molecule has 3 aliphatic rings. The van der Waals surface area contributed by atoms with Gasteiger partial charge in [-0.05, 0) is 62.9 Å². The van der Waals surface area contributed by atoms with Crippen molar-refractivity contribution >= 4 is 23.4 Å². The van der Waals surface area contributed by atoms with Crippen LogP contribution in [0.1, 0.15) is 43.0 Å². The number of hydrogen-bond acceptors (Lipinski definition) is 4. The average molecular weight is 416 g/mol. The number of nitrogens with zero attached hydrogens (tertiary/aromatic N) is 3. The number of carbonyl (C=O) groups is 3. The van der Waals surface area contributed by atoms with E-state index < -0.39 is 11.9 Å². The van der Waals surface area contributed by atoms with E-state index in [1.54, 1.807) is 4.90 Å². The number of likely N-dealkylation sites (tertiary alicyclic amines) is 1. The second kappa shape index (κ2) is 8.71. The van der Waals surface area contributed by atoms with E-state index in [1.165, 1.54) is 35.9 Å². The molecular formula is C22H29FN4O3. The Balaban J connectivity index is 1.44. The first-order valence-corrected chi connectivity index (χ1v) is 10.8. The predicted octanol–water partition coefficient (Wildman–Crippen LogP) is 1.62. The topological polar surface area (TPSA) is 73.0 Å². The Morgan fingerprint density at radius 3 is 2.70 bits per heavy atom. The lowest BCUT2D eigenvalue weighted by atomic mass is 9.99. The number of rotatable bonds is 5. The SMILES string of the molecule is CC1CCN(CCNC(=O)CN2C(=O)[C@@H]3CCCN3C(=O)c3ccc(F)cc32)CC1. The van der Waals surface area contributed by atoms with Crippen LogP contribution in [0, 0.1) is 11.7 Å². The molecule has 3 heterocycles. The van der Waals surface area contributed by atoms with Gasteiger partial charge in [0.25, 0.3) is 5.91 Å². The molecule has 0 bridgehead atoms. The highest BCUT2D eigenvalue weighted by Crippen LogP contribution is 2.32. The third-order valence-electron chi connectivity index (χ3n) is 6.47. The Kier molecular flexibility index (Phi) is 6.04. The monoisotopic (exact) mass is 416 g/mol. The highest BCUT2D eigenvalue weighted by atomic mass is 19.1. The van der Waals surface area contributed by atoms with Crippen molar-refractivity contribution in [3.05, 3.63) is 29.6 Å². The summed E-state index contributed by atoms with van der Waals surface area (Å²) in [6.07, 6.45) is 3.65. The molecule has 1 atom stereocenters. The fraction of sp³-hybridized carbons (Fsp3) is 0.591. The van der Waals surface area contributed by atoms with Gasteiger partial charge in [0, 0.05) is 19.6 Å². The molecule has 2 fully saturated rings. The Morgan fingerprint density at radius 2 is 1.93 bits per heavy atom. The molecule has 8 heteroatoms. The van der Waals surface area contributed by atoms with Gasteiger partial charge in [-0.1, -0.05) is 6.92 Å². The van der Waals surface area contributed by atoms with E-state index in [0.29, 0.717) is 19.5 Å². The maximum Gasteiger partial charge on any atom is 0.256 e. The number of amides is 3. The van der Waals surface area contributed by atoms with Gasteiger partial charge in [0.2, 0.25) is 11.8 Å². The van der Waals surface area contributed by atoms with E-state index in [4.69, 9.17) is 0 Å². The number of benzene rings is 1. The molecule has 7 nitrogen and oxygen atoms in total. The molecule has 0 spiro atoms. The number of anilines is 1. The lowest BCUT2D eigenvalue weighted by molar-refractivity contribution is -0.125. The van der Waals surface area contributed by atoms with E-state index in [2.05, 4.69) is 17.1 Å². The Bertz CT molecular complexity index is 838. The van der Waals surface area contributed by atoms with Gasteiger partial charge < -0.3 is 20.0 Å². The maximum atomic E-state index is 13.9. The summed E-state index contributed by atoms with van der Waals surface area (Å²) in [6, 6.07) is 3.21. The van der Waals surface area contributed by atoms with Crippen molar-refractivity contribution in [3.8, 4) is 0 Å². The number of halogens is 1. The lowest BCUT2D eigenvalue weighted by Gasteiger charge is -2.30. The van der Waals surface area contributed by atoms with Crippen LogP contribution in [0.15, 0.2) is 18.2 Å². The quantitative estimate of drug-likeness (QED) is 0.792. The molecule has 0 saturated carbocycles. The molecule has 3 amide bonds. The molecule has 30 heavy (non-hydrogen) atoms. The highest BCUT2D eigenvalue weighted by molar-refractivity contribution is 6.12. The predicted molar refractivity (Wildman–Crippen MR) is 111 cm³/mol. The van der Waals surface area contributed by atoms with Crippen LogP contribution in [-0.4, -0.2) is 72.8 Å². The summed E-state index contributed by atoms with van der Waals surface area (Å²) in [5.41, 5.74) is 0.448.